The standard InChI is InChI=1S/C22H19FN6O6S3/c1-34-27-14(12-7-38-22(24)25-12)17(30)26-15-18(31)29-16(21(32)33)10(6-36-20(15)29)5-28-4-2-3-11-13(35-9-23)8-37-19(11)28/h2-4,7-8,15,20H,5-6,9H2,1H3,(H3-,24,25,26,30,32,33)/b27-14-/t15?,20-/m1/s1. The van der Waals surface area contributed by atoms with Gasteiger partial charge < -0.3 is 30.5 Å². The number of rotatable bonds is 9. The predicted octanol–water partition coefficient (Wildman–Crippen LogP) is -0.0121. The molecule has 2 aliphatic heterocycles. The SMILES string of the molecule is CO/N=C(\C(=O)NC1C(=O)N2C(C(=O)[O-])=C(C[n+]3cccc4c(OCF)csc43)CS[C@H]12)c1csc(N)n1. The number of carbonyl (C=O) groups is 3. The van der Waals surface area contributed by atoms with E-state index < -0.39 is 36.1 Å². The van der Waals surface area contributed by atoms with Gasteiger partial charge in [0.1, 0.15) is 35.4 Å². The van der Waals surface area contributed by atoms with Crippen molar-refractivity contribution in [3.8, 4) is 5.75 Å². The maximum absolute atomic E-state index is 13.1. The van der Waals surface area contributed by atoms with E-state index in [1.807, 2.05) is 0 Å². The zero-order chi connectivity index (χ0) is 27.0. The van der Waals surface area contributed by atoms with Gasteiger partial charge in [-0.1, -0.05) is 16.5 Å². The normalized spacial score (nSPS) is 19.3. The second kappa shape index (κ2) is 10.5. The summed E-state index contributed by atoms with van der Waals surface area (Å²) in [5.41, 5.74) is 5.89. The molecule has 3 N–H and O–H groups in total. The first-order valence-corrected chi connectivity index (χ1v) is 13.7. The number of nitrogens with two attached hydrogens (primary N) is 1. The van der Waals surface area contributed by atoms with Crippen LogP contribution in [0.15, 0.2) is 45.5 Å². The summed E-state index contributed by atoms with van der Waals surface area (Å²) >= 11 is 3.75. The number of nitrogens with one attached hydrogen (secondary N) is 1. The van der Waals surface area contributed by atoms with E-state index in [2.05, 4.69) is 15.5 Å². The molecule has 5 rings (SSSR count). The van der Waals surface area contributed by atoms with Crippen molar-refractivity contribution < 1.29 is 38.0 Å². The number of aromatic nitrogens is 2. The lowest BCUT2D eigenvalue weighted by Gasteiger charge is -2.50. The van der Waals surface area contributed by atoms with Crippen molar-refractivity contribution in [3.63, 3.8) is 0 Å². The van der Waals surface area contributed by atoms with Crippen molar-refractivity contribution >= 4 is 73.3 Å². The smallest absolute Gasteiger partial charge is 0.276 e. The molecule has 12 nitrogen and oxygen atoms in total. The number of alkyl halides is 1. The van der Waals surface area contributed by atoms with Gasteiger partial charge in [0.25, 0.3) is 16.6 Å². The molecule has 0 radical (unpaired) electrons. The molecule has 2 amide bonds. The number of ether oxygens (including phenoxy) is 1. The Morgan fingerprint density at radius 1 is 1.39 bits per heavy atom. The van der Waals surface area contributed by atoms with Gasteiger partial charge >= 0.3 is 0 Å². The number of nitrogens with zero attached hydrogens (tertiary/aromatic N) is 4. The van der Waals surface area contributed by atoms with E-state index in [1.165, 1.54) is 35.6 Å². The first kappa shape index (κ1) is 25.9. The Morgan fingerprint density at radius 2 is 2.21 bits per heavy atom. The largest absolute Gasteiger partial charge is 0.543 e. The van der Waals surface area contributed by atoms with Gasteiger partial charge in [0.15, 0.2) is 23.6 Å². The van der Waals surface area contributed by atoms with Crippen LogP contribution in [-0.4, -0.2) is 64.5 Å². The number of carboxylic acids is 1. The number of pyridine rings is 1. The summed E-state index contributed by atoms with van der Waals surface area (Å²) in [6.45, 7) is -0.809. The van der Waals surface area contributed by atoms with Crippen LogP contribution in [0, 0.1) is 0 Å². The molecule has 0 aromatic carbocycles. The summed E-state index contributed by atoms with van der Waals surface area (Å²) in [4.78, 5) is 48.8. The fraction of sp³-hybridized carbons (Fsp3) is 0.273. The molecule has 3 aromatic heterocycles. The number of nitrogen functional groups attached to an aromatic ring is 1. The van der Waals surface area contributed by atoms with Crippen LogP contribution in [0.5, 0.6) is 5.75 Å². The number of fused-ring (bicyclic) bond motifs is 2. The molecule has 5 heterocycles. The quantitative estimate of drug-likeness (QED) is 0.154. The number of thioether (sulfide) groups is 1. The van der Waals surface area contributed by atoms with Crippen molar-refractivity contribution in [2.75, 3.05) is 25.5 Å². The van der Waals surface area contributed by atoms with Gasteiger partial charge in [-0.2, -0.15) is 4.57 Å². The third-order valence-electron chi connectivity index (χ3n) is 5.82. The zero-order valence-corrected chi connectivity index (χ0v) is 22.0. The molecule has 0 spiro atoms. The molecule has 0 aliphatic carbocycles. The van der Waals surface area contributed by atoms with Crippen molar-refractivity contribution in [2.45, 2.75) is 18.0 Å². The highest BCUT2D eigenvalue weighted by molar-refractivity contribution is 8.00. The number of β-lactam (4-membered cyclic amide) rings is 1. The lowest BCUT2D eigenvalue weighted by molar-refractivity contribution is -0.661. The van der Waals surface area contributed by atoms with Crippen molar-refractivity contribution in [1.82, 2.24) is 15.2 Å². The van der Waals surface area contributed by atoms with Gasteiger partial charge in [-0.15, -0.1) is 23.1 Å². The van der Waals surface area contributed by atoms with Crippen LogP contribution >= 0.6 is 34.4 Å². The third kappa shape index (κ3) is 4.54. The van der Waals surface area contributed by atoms with Crippen LogP contribution in [0.3, 0.4) is 0 Å². The van der Waals surface area contributed by atoms with E-state index in [4.69, 9.17) is 15.3 Å². The van der Waals surface area contributed by atoms with E-state index in [1.54, 1.807) is 28.3 Å². The fourth-order valence-electron chi connectivity index (χ4n) is 4.22. The number of hydrogen-bond acceptors (Lipinski definition) is 12. The highest BCUT2D eigenvalue weighted by Crippen LogP contribution is 2.40. The second-order valence-corrected chi connectivity index (χ2v) is 10.9. The van der Waals surface area contributed by atoms with E-state index >= 15 is 0 Å². The highest BCUT2D eigenvalue weighted by Gasteiger charge is 2.53. The molecule has 1 saturated heterocycles. The van der Waals surface area contributed by atoms with Gasteiger partial charge in [0.2, 0.25) is 6.86 Å². The van der Waals surface area contributed by atoms with Crippen molar-refractivity contribution in [1.29, 1.82) is 0 Å². The molecule has 0 saturated carbocycles. The molecule has 198 valence electrons. The predicted molar refractivity (Wildman–Crippen MR) is 136 cm³/mol. The number of carbonyl (C=O) groups excluding carboxylic acids is 3. The summed E-state index contributed by atoms with van der Waals surface area (Å²) in [5, 5.41) is 21.9. The Kier molecular flexibility index (Phi) is 7.18. The lowest BCUT2D eigenvalue weighted by atomic mass is 10.0. The number of thiophene rings is 1. The molecule has 1 unspecified atom stereocenters. The maximum atomic E-state index is 13.1. The minimum atomic E-state index is -1.50. The summed E-state index contributed by atoms with van der Waals surface area (Å²) < 4.78 is 19.5. The number of thiazole rings is 1. The molecule has 1 fully saturated rings. The second-order valence-electron chi connectivity index (χ2n) is 8.00. The first-order valence-electron chi connectivity index (χ1n) is 10.9. The number of hydrogen-bond donors (Lipinski definition) is 2. The monoisotopic (exact) mass is 578 g/mol. The van der Waals surface area contributed by atoms with Crippen molar-refractivity contribution in [2.24, 2.45) is 5.16 Å². The summed E-state index contributed by atoms with van der Waals surface area (Å²) in [6, 6.07) is 2.53. The van der Waals surface area contributed by atoms with Crippen molar-refractivity contribution in [3.05, 3.63) is 46.1 Å². The molecular formula is C22H19FN6O6S3. The number of anilines is 1. The molecule has 3 aromatic rings. The first-order chi connectivity index (χ1) is 18.3. The number of amides is 2. The summed E-state index contributed by atoms with van der Waals surface area (Å²) in [7, 11) is 1.26. The Balaban J connectivity index is 1.38. The number of aliphatic carboxylic acids is 1. The Morgan fingerprint density at radius 3 is 2.89 bits per heavy atom. The van der Waals surface area contributed by atoms with Crippen LogP contribution in [0.25, 0.3) is 10.2 Å². The zero-order valence-electron chi connectivity index (χ0n) is 19.6. The van der Waals surface area contributed by atoms with Gasteiger partial charge in [-0.25, -0.2) is 9.37 Å². The average molecular weight is 579 g/mol. The topological polar surface area (TPSA) is 163 Å². The Labute approximate surface area is 226 Å². The van der Waals surface area contributed by atoms with E-state index in [9.17, 15) is 23.9 Å². The van der Waals surface area contributed by atoms with E-state index in [0.29, 0.717) is 16.7 Å². The molecule has 0 bridgehead atoms. The maximum Gasteiger partial charge on any atom is 0.276 e. The fourth-order valence-corrected chi connectivity index (χ4v) is 7.08. The highest BCUT2D eigenvalue weighted by atomic mass is 32.2. The molecule has 2 aliphatic rings. The Bertz CT molecular complexity index is 1500. The van der Waals surface area contributed by atoms with Crippen LogP contribution < -0.4 is 25.5 Å². The molecule has 16 heteroatoms. The van der Waals surface area contributed by atoms with E-state index in [-0.39, 0.29) is 34.5 Å². The number of carboxylic acid groups (broad SMARTS) is 1. The average Bonchev–Trinajstić information content (AvgIpc) is 3.52. The van der Waals surface area contributed by atoms with E-state index in [0.717, 1.165) is 21.1 Å². The van der Waals surface area contributed by atoms with Gasteiger partial charge in [0, 0.05) is 28.2 Å². The third-order valence-corrected chi connectivity index (χ3v) is 8.85. The van der Waals surface area contributed by atoms with Crippen LogP contribution in [0.2, 0.25) is 0 Å². The van der Waals surface area contributed by atoms with Crippen LogP contribution in [0.4, 0.5) is 9.52 Å². The summed E-state index contributed by atoms with van der Waals surface area (Å²) in [5.74, 6) is -2.15. The minimum Gasteiger partial charge on any atom is -0.543 e. The van der Waals surface area contributed by atoms with Gasteiger partial charge in [0.05, 0.1) is 11.7 Å². The van der Waals surface area contributed by atoms with Crippen LogP contribution in [0.1, 0.15) is 5.69 Å². The molecule has 38 heavy (non-hydrogen) atoms. The Hall–Kier alpha value is -3.76. The minimum absolute atomic E-state index is 0.159. The number of oxime groups is 1. The molecule has 2 atom stereocenters. The van der Waals surface area contributed by atoms with Crippen LogP contribution in [-0.2, 0) is 25.8 Å². The molecular weight excluding hydrogens is 559 g/mol. The van der Waals surface area contributed by atoms with Gasteiger partial charge in [-0.05, 0) is 6.07 Å². The summed E-state index contributed by atoms with van der Waals surface area (Å²) in [6.07, 6.45) is 1.76. The lowest BCUT2D eigenvalue weighted by Crippen LogP contribution is -2.71. The number of halogens is 1. The van der Waals surface area contributed by atoms with Gasteiger partial charge in [-0.3, -0.25) is 14.5 Å².